The molecule has 1 fully saturated rings. The first-order chi connectivity index (χ1) is 8.34. The summed E-state index contributed by atoms with van der Waals surface area (Å²) in [5.74, 6) is 0.691. The van der Waals surface area contributed by atoms with E-state index in [4.69, 9.17) is 5.73 Å². The number of nitrogens with two attached hydrogens (primary N) is 1. The zero-order valence-electron chi connectivity index (χ0n) is 10.5. The fourth-order valence-electron chi connectivity index (χ4n) is 3.00. The minimum absolute atomic E-state index is 0. The standard InChI is InChI=1S/C16H19N.ClH/c17-16(13-6-2-3-7-13)15-10-9-12-5-1-4-8-14(12)11-15;/h1,4-5,8-11,13,16H,2-3,6-7,17H2;1H/t16-;/m1./s1. The maximum atomic E-state index is 6.39. The fourth-order valence-corrected chi connectivity index (χ4v) is 3.00. The summed E-state index contributed by atoms with van der Waals surface area (Å²) in [6.07, 6.45) is 5.31. The molecule has 96 valence electrons. The van der Waals surface area contributed by atoms with E-state index in [-0.39, 0.29) is 18.4 Å². The van der Waals surface area contributed by atoms with Gasteiger partial charge in [0.1, 0.15) is 0 Å². The molecule has 1 saturated carbocycles. The summed E-state index contributed by atoms with van der Waals surface area (Å²) in [5.41, 5.74) is 7.69. The van der Waals surface area contributed by atoms with Crippen LogP contribution >= 0.6 is 12.4 Å². The molecule has 0 aromatic heterocycles. The van der Waals surface area contributed by atoms with Gasteiger partial charge in [0.2, 0.25) is 0 Å². The Labute approximate surface area is 115 Å². The van der Waals surface area contributed by atoms with Crippen LogP contribution in [0.4, 0.5) is 0 Å². The van der Waals surface area contributed by atoms with Crippen molar-refractivity contribution in [3.8, 4) is 0 Å². The lowest BCUT2D eigenvalue weighted by atomic mass is 9.91. The number of hydrogen-bond acceptors (Lipinski definition) is 1. The van der Waals surface area contributed by atoms with Crippen LogP contribution in [0.2, 0.25) is 0 Å². The van der Waals surface area contributed by atoms with Gasteiger partial charge in [0, 0.05) is 6.04 Å². The highest BCUT2D eigenvalue weighted by Gasteiger charge is 2.23. The maximum Gasteiger partial charge on any atom is 0.0323 e. The molecule has 2 aromatic rings. The number of halogens is 1. The van der Waals surface area contributed by atoms with Crippen molar-refractivity contribution < 1.29 is 0 Å². The smallest absolute Gasteiger partial charge is 0.0323 e. The minimum Gasteiger partial charge on any atom is -0.324 e. The van der Waals surface area contributed by atoms with Crippen molar-refractivity contribution in [1.29, 1.82) is 0 Å². The molecule has 0 bridgehead atoms. The van der Waals surface area contributed by atoms with Gasteiger partial charge in [0.25, 0.3) is 0 Å². The van der Waals surface area contributed by atoms with Crippen LogP contribution in [0.3, 0.4) is 0 Å². The molecular weight excluding hydrogens is 242 g/mol. The number of rotatable bonds is 2. The van der Waals surface area contributed by atoms with E-state index < -0.39 is 0 Å². The number of hydrogen-bond donors (Lipinski definition) is 1. The number of fused-ring (bicyclic) bond motifs is 1. The average Bonchev–Trinajstić information content (AvgIpc) is 2.91. The molecule has 0 amide bonds. The van der Waals surface area contributed by atoms with Gasteiger partial charge in [-0.1, -0.05) is 49.2 Å². The summed E-state index contributed by atoms with van der Waals surface area (Å²) >= 11 is 0. The Kier molecular flexibility index (Phi) is 4.26. The van der Waals surface area contributed by atoms with E-state index in [1.54, 1.807) is 0 Å². The lowest BCUT2D eigenvalue weighted by molar-refractivity contribution is 0.445. The van der Waals surface area contributed by atoms with Crippen LogP contribution in [0.25, 0.3) is 10.8 Å². The van der Waals surface area contributed by atoms with Gasteiger partial charge in [0.05, 0.1) is 0 Å². The van der Waals surface area contributed by atoms with Crippen LogP contribution in [-0.2, 0) is 0 Å². The molecule has 1 aliphatic carbocycles. The lowest BCUT2D eigenvalue weighted by Crippen LogP contribution is -2.18. The maximum absolute atomic E-state index is 6.39. The van der Waals surface area contributed by atoms with E-state index >= 15 is 0 Å². The summed E-state index contributed by atoms with van der Waals surface area (Å²) in [6, 6.07) is 15.4. The third-order valence-electron chi connectivity index (χ3n) is 4.07. The third kappa shape index (κ3) is 2.52. The van der Waals surface area contributed by atoms with E-state index in [9.17, 15) is 0 Å². The molecule has 18 heavy (non-hydrogen) atoms. The van der Waals surface area contributed by atoms with Gasteiger partial charge in [-0.3, -0.25) is 0 Å². The monoisotopic (exact) mass is 261 g/mol. The Hall–Kier alpha value is -1.05. The highest BCUT2D eigenvalue weighted by Crippen LogP contribution is 2.34. The summed E-state index contributed by atoms with van der Waals surface area (Å²) in [5, 5.41) is 2.60. The van der Waals surface area contributed by atoms with Crippen molar-refractivity contribution in [3.63, 3.8) is 0 Å². The van der Waals surface area contributed by atoms with Gasteiger partial charge in [-0.25, -0.2) is 0 Å². The van der Waals surface area contributed by atoms with Crippen LogP contribution in [0, 0.1) is 5.92 Å². The highest BCUT2D eigenvalue weighted by atomic mass is 35.5. The molecule has 3 rings (SSSR count). The van der Waals surface area contributed by atoms with Gasteiger partial charge in [0.15, 0.2) is 0 Å². The molecule has 0 aliphatic heterocycles. The summed E-state index contributed by atoms with van der Waals surface area (Å²) in [6.45, 7) is 0. The Morgan fingerprint density at radius 3 is 2.33 bits per heavy atom. The predicted molar refractivity (Wildman–Crippen MR) is 80.1 cm³/mol. The van der Waals surface area contributed by atoms with Crippen molar-refractivity contribution >= 4 is 23.2 Å². The quantitative estimate of drug-likeness (QED) is 0.849. The van der Waals surface area contributed by atoms with Crippen LogP contribution in [0.1, 0.15) is 37.3 Å². The molecule has 0 heterocycles. The second-order valence-electron chi connectivity index (χ2n) is 5.18. The SMILES string of the molecule is Cl.N[C@@H](c1ccc2ccccc2c1)C1CCCC1. The minimum atomic E-state index is 0. The molecule has 2 aromatic carbocycles. The van der Waals surface area contributed by atoms with E-state index in [1.165, 1.54) is 42.0 Å². The van der Waals surface area contributed by atoms with Crippen LogP contribution < -0.4 is 5.73 Å². The Bertz CT molecular complexity index is 517. The second kappa shape index (κ2) is 5.73. The van der Waals surface area contributed by atoms with Crippen LogP contribution in [0.5, 0.6) is 0 Å². The largest absolute Gasteiger partial charge is 0.324 e. The molecule has 2 N–H and O–H groups in total. The Morgan fingerprint density at radius 2 is 1.61 bits per heavy atom. The van der Waals surface area contributed by atoms with E-state index in [0.29, 0.717) is 5.92 Å². The van der Waals surface area contributed by atoms with Crippen molar-refractivity contribution in [2.24, 2.45) is 11.7 Å². The first kappa shape index (κ1) is 13.4. The van der Waals surface area contributed by atoms with E-state index in [0.717, 1.165) is 0 Å². The predicted octanol–water partition coefficient (Wildman–Crippen LogP) is 4.45. The first-order valence-corrected chi connectivity index (χ1v) is 6.59. The van der Waals surface area contributed by atoms with Crippen molar-refractivity contribution in [2.45, 2.75) is 31.7 Å². The molecule has 1 atom stereocenters. The first-order valence-electron chi connectivity index (χ1n) is 6.59. The van der Waals surface area contributed by atoms with Gasteiger partial charge < -0.3 is 5.73 Å². The molecule has 0 saturated heterocycles. The fraction of sp³-hybridized carbons (Fsp3) is 0.375. The van der Waals surface area contributed by atoms with Crippen molar-refractivity contribution in [3.05, 3.63) is 48.0 Å². The Morgan fingerprint density at radius 1 is 0.944 bits per heavy atom. The molecule has 0 unspecified atom stereocenters. The van der Waals surface area contributed by atoms with E-state index in [2.05, 4.69) is 42.5 Å². The molecule has 2 heteroatoms. The molecular formula is C16H20ClN. The zero-order chi connectivity index (χ0) is 11.7. The van der Waals surface area contributed by atoms with E-state index in [1.807, 2.05) is 0 Å². The summed E-state index contributed by atoms with van der Waals surface area (Å²) < 4.78 is 0. The average molecular weight is 262 g/mol. The summed E-state index contributed by atoms with van der Waals surface area (Å²) in [7, 11) is 0. The van der Waals surface area contributed by atoms with Gasteiger partial charge in [-0.15, -0.1) is 12.4 Å². The third-order valence-corrected chi connectivity index (χ3v) is 4.07. The lowest BCUT2D eigenvalue weighted by Gasteiger charge is -2.19. The Balaban J connectivity index is 0.00000120. The van der Waals surface area contributed by atoms with Crippen LogP contribution in [0.15, 0.2) is 42.5 Å². The zero-order valence-corrected chi connectivity index (χ0v) is 11.3. The molecule has 1 nitrogen and oxygen atoms in total. The van der Waals surface area contributed by atoms with Gasteiger partial charge in [-0.05, 0) is 41.2 Å². The normalized spacial score (nSPS) is 17.6. The topological polar surface area (TPSA) is 26.0 Å². The van der Waals surface area contributed by atoms with Crippen molar-refractivity contribution in [1.82, 2.24) is 0 Å². The van der Waals surface area contributed by atoms with Crippen LogP contribution in [-0.4, -0.2) is 0 Å². The highest BCUT2D eigenvalue weighted by molar-refractivity contribution is 5.85. The molecule has 0 spiro atoms. The van der Waals surface area contributed by atoms with Gasteiger partial charge in [-0.2, -0.15) is 0 Å². The second-order valence-corrected chi connectivity index (χ2v) is 5.18. The molecule has 0 radical (unpaired) electrons. The molecule has 1 aliphatic rings. The summed E-state index contributed by atoms with van der Waals surface area (Å²) in [4.78, 5) is 0. The van der Waals surface area contributed by atoms with Crippen molar-refractivity contribution in [2.75, 3.05) is 0 Å². The number of benzene rings is 2. The van der Waals surface area contributed by atoms with Gasteiger partial charge >= 0.3 is 0 Å².